The predicted octanol–water partition coefficient (Wildman–Crippen LogP) is 7.65. The normalized spacial score (nSPS) is 12.7. The third-order valence-corrected chi connectivity index (χ3v) is 8.38. The summed E-state index contributed by atoms with van der Waals surface area (Å²) in [5.41, 5.74) is -2.97. The topological polar surface area (TPSA) is 101 Å². The molecule has 1 amide bonds. The maximum Gasteiger partial charge on any atom is 0.416 e. The lowest BCUT2D eigenvalue weighted by Crippen LogP contribution is -2.41. The largest absolute Gasteiger partial charge is 0.481 e. The van der Waals surface area contributed by atoms with Crippen LogP contribution < -0.4 is 10.9 Å². The molecule has 2 aromatic heterocycles. The molecule has 0 saturated heterocycles. The molecule has 0 bridgehead atoms. The first-order valence-corrected chi connectivity index (χ1v) is 15.9. The van der Waals surface area contributed by atoms with Gasteiger partial charge in [0.05, 0.1) is 18.0 Å². The molecule has 2 N–H and O–H groups in total. The van der Waals surface area contributed by atoms with Crippen LogP contribution in [-0.4, -0.2) is 26.5 Å². The number of aryl methyl sites for hydroxylation is 4. The summed E-state index contributed by atoms with van der Waals surface area (Å²) in [5, 5.41) is 12.1. The zero-order chi connectivity index (χ0) is 37.8. The summed E-state index contributed by atoms with van der Waals surface area (Å²) in [6, 6.07) is 4.98. The number of rotatable bonds is 12. The van der Waals surface area contributed by atoms with Crippen molar-refractivity contribution in [2.24, 2.45) is 5.92 Å². The van der Waals surface area contributed by atoms with Gasteiger partial charge in [0, 0.05) is 40.8 Å². The molecule has 0 saturated carbocycles. The van der Waals surface area contributed by atoms with E-state index in [2.05, 4.69) is 16.2 Å². The molecular formula is C38H35F6N3O4. The summed E-state index contributed by atoms with van der Waals surface area (Å²) < 4.78 is 89.5. The molecule has 268 valence electrons. The van der Waals surface area contributed by atoms with Crippen molar-refractivity contribution in [2.45, 2.75) is 71.6 Å². The number of alkyl halides is 3. The van der Waals surface area contributed by atoms with Crippen LogP contribution in [0.2, 0.25) is 0 Å². The molecule has 7 nitrogen and oxygen atoms in total. The van der Waals surface area contributed by atoms with Crippen molar-refractivity contribution in [2.75, 3.05) is 0 Å². The number of hydrogen-bond donors (Lipinski definition) is 2. The van der Waals surface area contributed by atoms with Crippen LogP contribution in [0.4, 0.5) is 26.3 Å². The van der Waals surface area contributed by atoms with Crippen LogP contribution in [0.15, 0.2) is 59.7 Å². The average molecular weight is 712 g/mol. The Bertz CT molecular complexity index is 2030. The van der Waals surface area contributed by atoms with Crippen molar-refractivity contribution in [3.8, 4) is 23.5 Å². The summed E-state index contributed by atoms with van der Waals surface area (Å²) in [4.78, 5) is 43.4. The average Bonchev–Trinajstić information content (AvgIpc) is 3.03. The molecule has 51 heavy (non-hydrogen) atoms. The van der Waals surface area contributed by atoms with E-state index < -0.39 is 70.7 Å². The lowest BCUT2D eigenvalue weighted by Gasteiger charge is -2.27. The van der Waals surface area contributed by atoms with Gasteiger partial charge in [-0.2, -0.15) is 13.2 Å². The van der Waals surface area contributed by atoms with Gasteiger partial charge in [-0.1, -0.05) is 25.8 Å². The number of carboxylic acids is 1. The molecule has 2 aromatic carbocycles. The summed E-state index contributed by atoms with van der Waals surface area (Å²) in [6.07, 6.45) is 1.83. The van der Waals surface area contributed by atoms with Gasteiger partial charge in [-0.15, -0.1) is 6.42 Å². The molecule has 13 heteroatoms. The molecule has 0 radical (unpaired) electrons. The molecule has 0 aliphatic rings. The minimum atomic E-state index is -4.90. The second-order valence-corrected chi connectivity index (χ2v) is 12.6. The highest BCUT2D eigenvalue weighted by molar-refractivity contribution is 5.83. The minimum Gasteiger partial charge on any atom is -0.481 e. The second-order valence-electron chi connectivity index (χ2n) is 12.6. The van der Waals surface area contributed by atoms with Crippen LogP contribution in [0.1, 0.15) is 77.8 Å². The monoisotopic (exact) mass is 711 g/mol. The van der Waals surface area contributed by atoms with Gasteiger partial charge in [0.15, 0.2) is 0 Å². The van der Waals surface area contributed by atoms with Crippen molar-refractivity contribution in [3.05, 3.63) is 122 Å². The fraction of sp³-hybridized carbons (Fsp3) is 0.316. The lowest BCUT2D eigenvalue weighted by molar-refractivity contribution is -0.139. The number of halogens is 6. The van der Waals surface area contributed by atoms with Gasteiger partial charge in [0.1, 0.15) is 23.5 Å². The molecule has 0 fully saturated rings. The molecule has 4 aromatic rings. The predicted molar refractivity (Wildman–Crippen MR) is 178 cm³/mol. The van der Waals surface area contributed by atoms with Gasteiger partial charge >= 0.3 is 12.1 Å². The Hall–Kier alpha value is -5.38. The van der Waals surface area contributed by atoms with Crippen molar-refractivity contribution >= 4 is 11.9 Å². The van der Waals surface area contributed by atoms with E-state index in [0.717, 1.165) is 29.0 Å². The van der Waals surface area contributed by atoms with Gasteiger partial charge in [0.2, 0.25) is 5.91 Å². The number of nitrogens with one attached hydrogen (secondary N) is 1. The van der Waals surface area contributed by atoms with Gasteiger partial charge in [0.25, 0.3) is 5.56 Å². The smallest absolute Gasteiger partial charge is 0.416 e. The first-order chi connectivity index (χ1) is 23.9. The first kappa shape index (κ1) is 38.4. The van der Waals surface area contributed by atoms with Crippen LogP contribution in [-0.2, 0) is 28.6 Å². The van der Waals surface area contributed by atoms with E-state index >= 15 is 8.78 Å². The van der Waals surface area contributed by atoms with Crippen LogP contribution in [0.5, 0.6) is 0 Å². The van der Waals surface area contributed by atoms with E-state index in [1.165, 1.54) is 20.0 Å². The molecular weight excluding hydrogens is 676 g/mol. The van der Waals surface area contributed by atoms with Crippen molar-refractivity contribution in [1.29, 1.82) is 0 Å². The summed E-state index contributed by atoms with van der Waals surface area (Å²) in [5.74, 6) is -3.95. The molecule has 0 unspecified atom stereocenters. The third-order valence-electron chi connectivity index (χ3n) is 8.38. The van der Waals surface area contributed by atoms with Crippen LogP contribution in [0.3, 0.4) is 0 Å². The number of nitrogens with zero attached hydrogens (tertiary/aromatic N) is 2. The second kappa shape index (κ2) is 15.7. The molecule has 4 rings (SSSR count). The van der Waals surface area contributed by atoms with Crippen molar-refractivity contribution in [1.82, 2.24) is 14.9 Å². The number of aromatic nitrogens is 2. The standard InChI is InChI=1S/C38H35F6N3O4/c1-6-23-16-28(40)35(36(41)34(23)33-21(4)14-25(39)15-22(33)5)29(18-32(49)50)46-37(51)30(13-20(2)3)47-19-24(10-11-26-9-7-8-12-45-26)27(17-31(47)48)38(42,43)44/h1,7-9,12,14-17,19-20,29-30H,10-11,13,18H2,2-5H3,(H,46,51)(H,49,50)/t29-,30+/m0/s1. The van der Waals surface area contributed by atoms with E-state index in [1.807, 2.05) is 0 Å². The Balaban J connectivity index is 1.84. The Kier molecular flexibility index (Phi) is 11.8. The number of terminal acetylenes is 1. The highest BCUT2D eigenvalue weighted by atomic mass is 19.4. The maximum absolute atomic E-state index is 16.6. The fourth-order valence-electron chi connectivity index (χ4n) is 6.19. The zero-order valence-electron chi connectivity index (χ0n) is 28.2. The first-order valence-electron chi connectivity index (χ1n) is 15.9. The number of carbonyl (C=O) groups is 2. The van der Waals surface area contributed by atoms with E-state index in [-0.39, 0.29) is 58.6 Å². The number of benzene rings is 2. The van der Waals surface area contributed by atoms with Crippen LogP contribution >= 0.6 is 0 Å². The molecule has 2 atom stereocenters. The van der Waals surface area contributed by atoms with E-state index in [1.54, 1.807) is 32.0 Å². The molecule has 0 spiro atoms. The summed E-state index contributed by atoms with van der Waals surface area (Å²) >= 11 is 0. The Morgan fingerprint density at radius 3 is 2.24 bits per heavy atom. The maximum atomic E-state index is 16.6. The fourth-order valence-corrected chi connectivity index (χ4v) is 6.19. The van der Waals surface area contributed by atoms with E-state index in [0.29, 0.717) is 11.8 Å². The zero-order valence-corrected chi connectivity index (χ0v) is 28.2. The summed E-state index contributed by atoms with van der Waals surface area (Å²) in [6.45, 7) is 6.33. The highest BCUT2D eigenvalue weighted by Gasteiger charge is 2.36. The van der Waals surface area contributed by atoms with Crippen molar-refractivity contribution < 1.29 is 41.0 Å². The third kappa shape index (κ3) is 8.86. The van der Waals surface area contributed by atoms with Gasteiger partial charge in [-0.05, 0) is 91.6 Å². The Labute approximate surface area is 290 Å². The molecule has 2 heterocycles. The number of carboxylic acid groups (broad SMARTS) is 1. The number of hydrogen-bond acceptors (Lipinski definition) is 4. The van der Waals surface area contributed by atoms with Crippen LogP contribution in [0, 0.1) is 49.6 Å². The lowest BCUT2D eigenvalue weighted by atomic mass is 9.88. The Morgan fingerprint density at radius 1 is 1.02 bits per heavy atom. The van der Waals surface area contributed by atoms with Gasteiger partial charge in [-0.3, -0.25) is 19.4 Å². The number of pyridine rings is 2. The quantitative estimate of drug-likeness (QED) is 0.116. The highest BCUT2D eigenvalue weighted by Crippen LogP contribution is 2.38. The molecule has 0 aliphatic carbocycles. The van der Waals surface area contributed by atoms with E-state index in [9.17, 15) is 37.1 Å². The number of amides is 1. The number of carbonyl (C=O) groups excluding carboxylic acids is 1. The SMILES string of the molecule is C#Cc1cc(F)c([C@H](CC(=O)O)NC(=O)[C@@H](CC(C)C)n2cc(CCc3ccccn3)c(C(F)(F)F)cc2=O)c(F)c1-c1c(C)cc(F)cc1C. The van der Waals surface area contributed by atoms with Gasteiger partial charge < -0.3 is 15.0 Å². The minimum absolute atomic E-state index is 0.0748. The molecule has 0 aliphatic heterocycles. The van der Waals surface area contributed by atoms with Gasteiger partial charge in [-0.25, -0.2) is 13.2 Å². The van der Waals surface area contributed by atoms with Crippen LogP contribution in [0.25, 0.3) is 11.1 Å². The summed E-state index contributed by atoms with van der Waals surface area (Å²) in [7, 11) is 0. The van der Waals surface area contributed by atoms with E-state index in [4.69, 9.17) is 6.42 Å². The van der Waals surface area contributed by atoms with Crippen molar-refractivity contribution in [3.63, 3.8) is 0 Å². The number of aliphatic carboxylic acids is 1. The Morgan fingerprint density at radius 2 is 1.69 bits per heavy atom.